The number of amides is 1. The van der Waals surface area contributed by atoms with E-state index in [1.807, 2.05) is 12.1 Å². The normalized spacial score (nSPS) is 15.4. The fourth-order valence-electron chi connectivity index (χ4n) is 4.33. The van der Waals surface area contributed by atoms with Crippen molar-refractivity contribution in [3.05, 3.63) is 78.0 Å². The molecule has 3 aromatic heterocycles. The third-order valence-electron chi connectivity index (χ3n) is 5.95. The number of piperidine rings is 1. The van der Waals surface area contributed by atoms with Gasteiger partial charge in [-0.2, -0.15) is 13.2 Å². The minimum atomic E-state index is -4.38. The van der Waals surface area contributed by atoms with Gasteiger partial charge in [-0.05, 0) is 48.6 Å². The summed E-state index contributed by atoms with van der Waals surface area (Å²) in [6, 6.07) is 11.1. The van der Waals surface area contributed by atoms with E-state index in [9.17, 15) is 18.0 Å². The van der Waals surface area contributed by atoms with Crippen molar-refractivity contribution in [2.45, 2.75) is 24.9 Å². The zero-order chi connectivity index (χ0) is 22.3. The number of nitrogens with zero attached hydrogens (tertiary/aromatic N) is 4. The highest BCUT2D eigenvalue weighted by atomic mass is 19.4. The molecule has 1 amide bonds. The van der Waals surface area contributed by atoms with E-state index in [4.69, 9.17) is 0 Å². The Morgan fingerprint density at radius 1 is 1.09 bits per heavy atom. The van der Waals surface area contributed by atoms with E-state index in [2.05, 4.69) is 15.0 Å². The smallest absolute Gasteiger partial charge is 0.349 e. The van der Waals surface area contributed by atoms with Crippen LogP contribution in [0.3, 0.4) is 0 Å². The number of likely N-dealkylation sites (tertiary alicyclic amines) is 1. The molecule has 1 aromatic carbocycles. The highest BCUT2D eigenvalue weighted by Gasteiger charge is 2.36. The number of fused-ring (bicyclic) bond motifs is 1. The van der Waals surface area contributed by atoms with Crippen molar-refractivity contribution in [2.75, 3.05) is 13.1 Å². The van der Waals surface area contributed by atoms with Crippen molar-refractivity contribution in [1.29, 1.82) is 0 Å². The van der Waals surface area contributed by atoms with Crippen molar-refractivity contribution in [1.82, 2.24) is 24.4 Å². The van der Waals surface area contributed by atoms with Gasteiger partial charge in [-0.25, -0.2) is 9.97 Å². The number of alkyl halides is 3. The van der Waals surface area contributed by atoms with E-state index >= 15 is 0 Å². The van der Waals surface area contributed by atoms with Gasteiger partial charge in [0.05, 0.1) is 16.6 Å². The van der Waals surface area contributed by atoms with Crippen LogP contribution in [0.15, 0.2) is 61.2 Å². The number of halogens is 3. The summed E-state index contributed by atoms with van der Waals surface area (Å²) in [6.45, 7) is 0.803. The van der Waals surface area contributed by atoms with Gasteiger partial charge < -0.3 is 9.88 Å². The molecule has 1 N–H and O–H groups in total. The summed E-state index contributed by atoms with van der Waals surface area (Å²) in [5.74, 6) is 0.297. The third-order valence-corrected chi connectivity index (χ3v) is 5.95. The predicted molar refractivity (Wildman–Crippen MR) is 113 cm³/mol. The standard InChI is InChI=1S/C23H20F3N5O/c24-23(25,26)17-4-2-1-3-16(17)15-7-10-30(11-8-15)22(32)20-13-19-18(28-20)5-6-21(29-19)31-12-9-27-14-31/h1-6,9,12-15,28H,7-8,10-11H2. The highest BCUT2D eigenvalue weighted by molar-refractivity contribution is 5.97. The highest BCUT2D eigenvalue weighted by Crippen LogP contribution is 2.38. The van der Waals surface area contributed by atoms with Gasteiger partial charge in [-0.1, -0.05) is 18.2 Å². The van der Waals surface area contributed by atoms with Gasteiger partial charge in [0.1, 0.15) is 17.8 Å². The number of H-pyrrole nitrogens is 1. The summed E-state index contributed by atoms with van der Waals surface area (Å²) in [5, 5.41) is 0. The number of nitrogens with one attached hydrogen (secondary N) is 1. The van der Waals surface area contributed by atoms with Crippen molar-refractivity contribution in [2.24, 2.45) is 0 Å². The SMILES string of the molecule is O=C(c1cc2nc(-n3ccnc3)ccc2[nH]1)N1CCC(c2ccccc2C(F)(F)F)CC1. The molecule has 164 valence electrons. The lowest BCUT2D eigenvalue weighted by Gasteiger charge is -2.33. The first-order valence-electron chi connectivity index (χ1n) is 10.3. The minimum Gasteiger partial charge on any atom is -0.349 e. The second-order valence-electron chi connectivity index (χ2n) is 7.91. The Kier molecular flexibility index (Phi) is 4.96. The Hall–Kier alpha value is -3.62. The molecule has 0 aliphatic carbocycles. The second-order valence-corrected chi connectivity index (χ2v) is 7.91. The van der Waals surface area contributed by atoms with Crippen LogP contribution in [0.1, 0.15) is 40.4 Å². The lowest BCUT2D eigenvalue weighted by atomic mass is 9.86. The van der Waals surface area contributed by atoms with Gasteiger partial charge in [0.25, 0.3) is 5.91 Å². The summed E-state index contributed by atoms with van der Waals surface area (Å²) in [6.07, 6.45) is 1.69. The molecule has 0 bridgehead atoms. The van der Waals surface area contributed by atoms with Crippen molar-refractivity contribution < 1.29 is 18.0 Å². The molecule has 0 unspecified atom stereocenters. The van der Waals surface area contributed by atoms with E-state index in [0.717, 1.165) is 11.6 Å². The van der Waals surface area contributed by atoms with E-state index in [1.54, 1.807) is 46.4 Å². The number of aromatic nitrogens is 4. The van der Waals surface area contributed by atoms with Crippen LogP contribution in [0.4, 0.5) is 13.2 Å². The molecule has 1 aliphatic rings. The molecular formula is C23H20F3N5O. The van der Waals surface area contributed by atoms with E-state index < -0.39 is 11.7 Å². The monoisotopic (exact) mass is 439 g/mol. The summed E-state index contributed by atoms with van der Waals surface area (Å²) >= 11 is 0. The lowest BCUT2D eigenvalue weighted by molar-refractivity contribution is -0.138. The molecule has 1 fully saturated rings. The first kappa shape index (κ1) is 20.3. The first-order chi connectivity index (χ1) is 15.4. The number of hydrogen-bond acceptors (Lipinski definition) is 3. The van der Waals surface area contributed by atoms with Gasteiger partial charge in [0.15, 0.2) is 0 Å². The second kappa shape index (κ2) is 7.81. The van der Waals surface area contributed by atoms with Gasteiger partial charge >= 0.3 is 6.18 Å². The largest absolute Gasteiger partial charge is 0.416 e. The molecule has 0 radical (unpaired) electrons. The number of hydrogen-bond donors (Lipinski definition) is 1. The fraction of sp³-hybridized carbons (Fsp3) is 0.261. The lowest BCUT2D eigenvalue weighted by Crippen LogP contribution is -2.38. The Balaban J connectivity index is 1.31. The maximum atomic E-state index is 13.4. The molecule has 4 aromatic rings. The van der Waals surface area contributed by atoms with Crippen LogP contribution < -0.4 is 0 Å². The van der Waals surface area contributed by atoms with Gasteiger partial charge in [-0.3, -0.25) is 9.36 Å². The average molecular weight is 439 g/mol. The van der Waals surface area contributed by atoms with Crippen molar-refractivity contribution in [3.63, 3.8) is 0 Å². The molecular weight excluding hydrogens is 419 g/mol. The number of aromatic amines is 1. The molecule has 9 heteroatoms. The predicted octanol–water partition coefficient (Wildman–Crippen LogP) is 4.79. The Bertz CT molecular complexity index is 1250. The number of carbonyl (C=O) groups excluding carboxylic acids is 1. The van der Waals surface area contributed by atoms with Crippen molar-refractivity contribution in [3.8, 4) is 5.82 Å². The van der Waals surface area contributed by atoms with Crippen LogP contribution in [-0.2, 0) is 6.18 Å². The number of carbonyl (C=O) groups is 1. The topological polar surface area (TPSA) is 66.8 Å². The molecule has 1 saturated heterocycles. The van der Waals surface area contributed by atoms with Crippen LogP contribution in [-0.4, -0.2) is 43.4 Å². The molecule has 32 heavy (non-hydrogen) atoms. The van der Waals surface area contributed by atoms with Gasteiger partial charge in [0.2, 0.25) is 0 Å². The zero-order valence-corrected chi connectivity index (χ0v) is 17.0. The molecule has 1 aliphatic heterocycles. The summed E-state index contributed by atoms with van der Waals surface area (Å²) in [5.41, 5.74) is 1.55. The van der Waals surface area contributed by atoms with E-state index in [-0.39, 0.29) is 11.8 Å². The molecule has 5 rings (SSSR count). The quantitative estimate of drug-likeness (QED) is 0.499. The Labute approximate surface area is 181 Å². The Morgan fingerprint density at radius 2 is 1.88 bits per heavy atom. The van der Waals surface area contributed by atoms with Gasteiger partial charge in [-0.15, -0.1) is 0 Å². The molecule has 0 atom stereocenters. The number of pyridine rings is 1. The number of benzene rings is 1. The number of imidazole rings is 1. The zero-order valence-electron chi connectivity index (χ0n) is 17.0. The van der Waals surface area contributed by atoms with Crippen LogP contribution in [0.25, 0.3) is 16.9 Å². The minimum absolute atomic E-state index is 0.172. The van der Waals surface area contributed by atoms with Crippen LogP contribution in [0.5, 0.6) is 0 Å². The molecule has 4 heterocycles. The van der Waals surface area contributed by atoms with Crippen molar-refractivity contribution >= 4 is 16.9 Å². The fourth-order valence-corrected chi connectivity index (χ4v) is 4.33. The average Bonchev–Trinajstić information content (AvgIpc) is 3.48. The maximum Gasteiger partial charge on any atom is 0.416 e. The third kappa shape index (κ3) is 3.74. The van der Waals surface area contributed by atoms with Crippen LogP contribution >= 0.6 is 0 Å². The Morgan fingerprint density at radius 3 is 2.59 bits per heavy atom. The molecule has 0 spiro atoms. The summed E-state index contributed by atoms with van der Waals surface area (Å²) in [7, 11) is 0. The number of rotatable bonds is 3. The summed E-state index contributed by atoms with van der Waals surface area (Å²) < 4.78 is 41.9. The van der Waals surface area contributed by atoms with Crippen LogP contribution in [0.2, 0.25) is 0 Å². The maximum absolute atomic E-state index is 13.4. The van der Waals surface area contributed by atoms with E-state index in [0.29, 0.717) is 48.5 Å². The van der Waals surface area contributed by atoms with E-state index in [1.165, 1.54) is 6.07 Å². The van der Waals surface area contributed by atoms with Crippen LogP contribution in [0, 0.1) is 0 Å². The first-order valence-corrected chi connectivity index (χ1v) is 10.3. The van der Waals surface area contributed by atoms with Gasteiger partial charge in [0, 0.05) is 25.5 Å². The summed E-state index contributed by atoms with van der Waals surface area (Å²) in [4.78, 5) is 26.4. The molecule has 0 saturated carbocycles. The molecule has 6 nitrogen and oxygen atoms in total.